The predicted octanol–water partition coefficient (Wildman–Crippen LogP) is 1.04. The maximum Gasteiger partial charge on any atom is 0.500 e. The highest BCUT2D eigenvalue weighted by Gasteiger charge is 2.36. The quantitative estimate of drug-likeness (QED) is 0.275. The van der Waals surface area contributed by atoms with E-state index in [2.05, 4.69) is 13.5 Å². The number of rotatable bonds is 9. The zero-order valence-corrected chi connectivity index (χ0v) is 13.4. The zero-order chi connectivity index (χ0) is 13.9. The van der Waals surface area contributed by atoms with Gasteiger partial charge in [0.25, 0.3) is 0 Å². The summed E-state index contributed by atoms with van der Waals surface area (Å²) in [6, 6.07) is 0.885. The summed E-state index contributed by atoms with van der Waals surface area (Å²) in [4.78, 5) is 0. The first-order chi connectivity index (χ1) is 8.67. The fourth-order valence-electron chi connectivity index (χ4n) is 1.31. The van der Waals surface area contributed by atoms with Gasteiger partial charge in [-0.3, -0.25) is 0 Å². The molecule has 1 heterocycles. The molecule has 0 spiro atoms. The molecular weight excluding hydrogens is 268 g/mol. The van der Waals surface area contributed by atoms with Gasteiger partial charge in [-0.15, -0.1) is 6.58 Å². The average Bonchev–Trinajstić information content (AvgIpc) is 3.22. The fraction of sp³-hybridized carbons (Fsp3) is 0.833. The molecule has 0 saturated carbocycles. The number of hydrogen-bond acceptors (Lipinski definition) is 5. The van der Waals surface area contributed by atoms with Crippen LogP contribution >= 0.6 is 0 Å². The molecule has 19 heavy (non-hydrogen) atoms. The van der Waals surface area contributed by atoms with Crippen LogP contribution in [0.2, 0.25) is 6.04 Å². The maximum atomic E-state index is 5.17. The second-order valence-corrected chi connectivity index (χ2v) is 6.92. The van der Waals surface area contributed by atoms with Crippen molar-refractivity contribution in [2.45, 2.75) is 25.5 Å². The second kappa shape index (κ2) is 12.7. The number of hydrogen-bond donors (Lipinski definition) is 0. The van der Waals surface area contributed by atoms with Crippen LogP contribution in [0.5, 0.6) is 0 Å². The van der Waals surface area contributed by atoms with E-state index in [4.69, 9.17) is 22.8 Å². The normalized spacial score (nSPS) is 16.9. The molecule has 7 heteroatoms. The van der Waals surface area contributed by atoms with Crippen molar-refractivity contribution in [2.24, 2.45) is 0 Å². The molecular formula is C12H28O6Si. The third kappa shape index (κ3) is 10.2. The second-order valence-electron chi connectivity index (χ2n) is 3.83. The van der Waals surface area contributed by atoms with Crippen molar-refractivity contribution in [3.05, 3.63) is 12.7 Å². The molecule has 1 aliphatic rings. The van der Waals surface area contributed by atoms with Gasteiger partial charge in [0.15, 0.2) is 0 Å². The van der Waals surface area contributed by atoms with E-state index in [1.54, 1.807) is 27.4 Å². The lowest BCUT2D eigenvalue weighted by atomic mass is 10.5. The van der Waals surface area contributed by atoms with Crippen LogP contribution in [0.4, 0.5) is 0 Å². The first-order valence-corrected chi connectivity index (χ1v) is 8.06. The van der Waals surface area contributed by atoms with Gasteiger partial charge in [0.1, 0.15) is 6.10 Å². The van der Waals surface area contributed by atoms with Gasteiger partial charge >= 0.3 is 8.80 Å². The third-order valence-corrected chi connectivity index (χ3v) is 5.41. The summed E-state index contributed by atoms with van der Waals surface area (Å²) < 4.78 is 25.5. The lowest BCUT2D eigenvalue weighted by Gasteiger charge is -2.23. The predicted molar refractivity (Wildman–Crippen MR) is 76.2 cm³/mol. The van der Waals surface area contributed by atoms with E-state index in [-0.39, 0.29) is 5.48 Å². The van der Waals surface area contributed by atoms with Gasteiger partial charge in [0.2, 0.25) is 0 Å². The Morgan fingerprint density at radius 3 is 2.05 bits per heavy atom. The summed E-state index contributed by atoms with van der Waals surface area (Å²) >= 11 is 0. The molecule has 1 rings (SSSR count). The fourth-order valence-corrected chi connectivity index (χ4v) is 3.03. The third-order valence-electron chi connectivity index (χ3n) is 2.43. The smallest absolute Gasteiger partial charge is 0.412 e. The molecule has 1 aliphatic heterocycles. The molecule has 1 saturated heterocycles. The molecule has 0 bridgehead atoms. The molecule has 0 radical (unpaired) electrons. The van der Waals surface area contributed by atoms with E-state index in [1.165, 1.54) is 0 Å². The first kappa shape index (κ1) is 21.0. The van der Waals surface area contributed by atoms with Crippen molar-refractivity contribution in [2.75, 3.05) is 41.2 Å². The van der Waals surface area contributed by atoms with Crippen LogP contribution in [-0.4, -0.2) is 61.5 Å². The van der Waals surface area contributed by atoms with Crippen LogP contribution in [0.3, 0.4) is 0 Å². The highest BCUT2D eigenvalue weighted by molar-refractivity contribution is 6.60. The summed E-state index contributed by atoms with van der Waals surface area (Å²) in [5, 5.41) is 0. The summed E-state index contributed by atoms with van der Waals surface area (Å²) in [7, 11) is 2.68. The highest BCUT2D eigenvalue weighted by atomic mass is 28.4. The topological polar surface area (TPSA) is 81.0 Å². The van der Waals surface area contributed by atoms with E-state index in [1.807, 2.05) is 0 Å². The Hall–Kier alpha value is -0.283. The first-order valence-electron chi connectivity index (χ1n) is 6.13. The van der Waals surface area contributed by atoms with E-state index in [0.29, 0.717) is 12.7 Å². The highest BCUT2D eigenvalue weighted by Crippen LogP contribution is 2.13. The molecule has 0 aliphatic carbocycles. The van der Waals surface area contributed by atoms with Gasteiger partial charge in [0.05, 0.1) is 19.8 Å². The molecule has 2 N–H and O–H groups in total. The number of ether oxygens (including phenoxy) is 2. The molecule has 1 atom stereocenters. The minimum atomic E-state index is -2.22. The minimum Gasteiger partial charge on any atom is -0.412 e. The molecule has 1 unspecified atom stereocenters. The minimum absolute atomic E-state index is 0. The largest absolute Gasteiger partial charge is 0.500 e. The van der Waals surface area contributed by atoms with E-state index < -0.39 is 8.80 Å². The lowest BCUT2D eigenvalue weighted by Crippen LogP contribution is -2.42. The Morgan fingerprint density at radius 1 is 1.26 bits per heavy atom. The molecule has 1 fully saturated rings. The van der Waals surface area contributed by atoms with Crippen molar-refractivity contribution in [1.82, 2.24) is 0 Å². The van der Waals surface area contributed by atoms with Gasteiger partial charge < -0.3 is 28.2 Å². The zero-order valence-electron chi connectivity index (χ0n) is 12.4. The van der Waals surface area contributed by atoms with Gasteiger partial charge in [-0.1, -0.05) is 19.4 Å². The van der Waals surface area contributed by atoms with E-state index in [0.717, 1.165) is 25.7 Å². The molecule has 0 amide bonds. The Balaban J connectivity index is 0. The van der Waals surface area contributed by atoms with E-state index in [9.17, 15) is 0 Å². The standard InChI is InChI=1S/C6H16O3Si.C6H10O2.H2O/c1-5-6-10(7-2,8-3)9-4;1-2-3-7-4-6-5-8-6;/h5-6H2,1-4H3;2,6H,1,3-5H2;1H2. The van der Waals surface area contributed by atoms with Crippen molar-refractivity contribution < 1.29 is 28.2 Å². The van der Waals surface area contributed by atoms with Gasteiger partial charge in [-0.05, 0) is 0 Å². The summed E-state index contributed by atoms with van der Waals surface area (Å²) in [6.07, 6.45) is 3.15. The van der Waals surface area contributed by atoms with E-state index >= 15 is 0 Å². The van der Waals surface area contributed by atoms with Crippen LogP contribution < -0.4 is 0 Å². The number of epoxide rings is 1. The lowest BCUT2D eigenvalue weighted by molar-refractivity contribution is 0.123. The van der Waals surface area contributed by atoms with Crippen molar-refractivity contribution in [3.8, 4) is 0 Å². The maximum absolute atomic E-state index is 5.17. The Bertz CT molecular complexity index is 198. The molecule has 116 valence electrons. The molecule has 0 aromatic carbocycles. The van der Waals surface area contributed by atoms with Crippen molar-refractivity contribution in [1.29, 1.82) is 0 Å². The average molecular weight is 296 g/mol. The van der Waals surface area contributed by atoms with Gasteiger partial charge in [-0.2, -0.15) is 0 Å². The van der Waals surface area contributed by atoms with Crippen LogP contribution in [0.1, 0.15) is 13.3 Å². The molecule has 6 nitrogen and oxygen atoms in total. The molecule has 0 aromatic heterocycles. The van der Waals surface area contributed by atoms with Crippen LogP contribution in [-0.2, 0) is 22.8 Å². The van der Waals surface area contributed by atoms with Crippen molar-refractivity contribution >= 4 is 8.80 Å². The Labute approximate surface area is 117 Å². The molecule has 0 aromatic rings. The Morgan fingerprint density at radius 2 is 1.79 bits per heavy atom. The van der Waals surface area contributed by atoms with Crippen LogP contribution in [0, 0.1) is 0 Å². The summed E-state index contributed by atoms with van der Waals surface area (Å²) in [5.74, 6) is 0. The SMILES string of the molecule is C=CCOCC1CO1.CCC[Si](OC)(OC)OC.O. The van der Waals surface area contributed by atoms with Crippen LogP contribution in [0.15, 0.2) is 12.7 Å². The van der Waals surface area contributed by atoms with Crippen molar-refractivity contribution in [3.63, 3.8) is 0 Å². The monoisotopic (exact) mass is 296 g/mol. The van der Waals surface area contributed by atoms with Gasteiger partial charge in [-0.25, -0.2) is 0 Å². The Kier molecular flexibility index (Phi) is 14.1. The summed E-state index contributed by atoms with van der Waals surface area (Å²) in [5.41, 5.74) is 0. The van der Waals surface area contributed by atoms with Gasteiger partial charge in [0, 0.05) is 27.4 Å². The summed E-state index contributed by atoms with van der Waals surface area (Å²) in [6.45, 7) is 7.83. The van der Waals surface area contributed by atoms with Crippen LogP contribution in [0.25, 0.3) is 0 Å².